The van der Waals surface area contributed by atoms with E-state index in [0.717, 1.165) is 0 Å². The van der Waals surface area contributed by atoms with Gasteiger partial charge in [-0.3, -0.25) is 9.59 Å². The minimum Gasteiger partial charge on any atom is -0.497 e. The number of anilines is 2. The largest absolute Gasteiger partial charge is 0.497 e. The summed E-state index contributed by atoms with van der Waals surface area (Å²) in [6.07, 6.45) is 1.60. The normalized spacial score (nSPS) is 12.2. The molecular formula is C22H19N3O5. The van der Waals surface area contributed by atoms with Crippen LogP contribution < -0.4 is 24.4 Å². The number of hydrogen-bond acceptors (Lipinski definition) is 6. The van der Waals surface area contributed by atoms with Gasteiger partial charge in [-0.15, -0.1) is 0 Å². The Kier molecular flexibility index (Phi) is 4.97. The molecule has 1 aliphatic heterocycles. The second-order valence-electron chi connectivity index (χ2n) is 6.53. The van der Waals surface area contributed by atoms with Crippen molar-refractivity contribution >= 4 is 23.2 Å². The highest BCUT2D eigenvalue weighted by Gasteiger charge is 2.27. The molecule has 0 saturated heterocycles. The Balaban J connectivity index is 1.64. The van der Waals surface area contributed by atoms with Crippen molar-refractivity contribution in [1.29, 1.82) is 0 Å². The van der Waals surface area contributed by atoms with Crippen molar-refractivity contribution < 1.29 is 23.8 Å². The zero-order valence-corrected chi connectivity index (χ0v) is 16.6. The lowest BCUT2D eigenvalue weighted by molar-refractivity contribution is 0.0989. The molecule has 1 N–H and O–H groups in total. The quantitative estimate of drug-likeness (QED) is 0.711. The maximum absolute atomic E-state index is 12.9. The summed E-state index contributed by atoms with van der Waals surface area (Å²) in [4.78, 5) is 31.4. The van der Waals surface area contributed by atoms with E-state index < -0.39 is 0 Å². The van der Waals surface area contributed by atoms with Crippen LogP contribution in [0.3, 0.4) is 0 Å². The highest BCUT2D eigenvalue weighted by molar-refractivity contribution is 6.11. The van der Waals surface area contributed by atoms with Gasteiger partial charge in [-0.2, -0.15) is 0 Å². The zero-order chi connectivity index (χ0) is 21.3. The molecule has 0 aliphatic carbocycles. The van der Waals surface area contributed by atoms with Gasteiger partial charge >= 0.3 is 0 Å². The van der Waals surface area contributed by atoms with E-state index >= 15 is 0 Å². The second-order valence-corrected chi connectivity index (χ2v) is 6.53. The van der Waals surface area contributed by atoms with Crippen LogP contribution in [0.5, 0.6) is 23.1 Å². The molecule has 0 fully saturated rings. The first kappa shape index (κ1) is 19.3. The topological polar surface area (TPSA) is 90.0 Å². The molecular weight excluding hydrogens is 386 g/mol. The number of ether oxygens (including phenoxy) is 3. The summed E-state index contributed by atoms with van der Waals surface area (Å²) in [5, 5.41) is 2.80. The summed E-state index contributed by atoms with van der Waals surface area (Å²) in [5.41, 5.74) is 1.66. The van der Waals surface area contributed by atoms with Crippen LogP contribution in [0.15, 0.2) is 54.7 Å². The molecule has 30 heavy (non-hydrogen) atoms. The van der Waals surface area contributed by atoms with Gasteiger partial charge in [0, 0.05) is 25.0 Å². The van der Waals surface area contributed by atoms with Crippen LogP contribution in [-0.4, -0.2) is 38.1 Å². The van der Waals surface area contributed by atoms with Crippen molar-refractivity contribution in [2.75, 3.05) is 31.5 Å². The van der Waals surface area contributed by atoms with Crippen molar-refractivity contribution in [2.45, 2.75) is 0 Å². The maximum Gasteiger partial charge on any atom is 0.262 e. The minimum atomic E-state index is -0.380. The van der Waals surface area contributed by atoms with Crippen LogP contribution in [0.25, 0.3) is 0 Å². The molecule has 8 heteroatoms. The average molecular weight is 405 g/mol. The van der Waals surface area contributed by atoms with Gasteiger partial charge in [0.1, 0.15) is 22.9 Å². The van der Waals surface area contributed by atoms with E-state index in [1.807, 2.05) is 0 Å². The third-order valence-electron chi connectivity index (χ3n) is 4.74. The second kappa shape index (κ2) is 7.75. The van der Waals surface area contributed by atoms with Crippen LogP contribution in [-0.2, 0) is 0 Å². The first-order chi connectivity index (χ1) is 14.5. The van der Waals surface area contributed by atoms with E-state index in [-0.39, 0.29) is 11.8 Å². The fourth-order valence-electron chi connectivity index (χ4n) is 3.16. The van der Waals surface area contributed by atoms with Gasteiger partial charge in [-0.1, -0.05) is 0 Å². The molecule has 1 aliphatic rings. The highest BCUT2D eigenvalue weighted by atomic mass is 16.5. The lowest BCUT2D eigenvalue weighted by atomic mass is 10.1. The van der Waals surface area contributed by atoms with Crippen LogP contribution >= 0.6 is 0 Å². The average Bonchev–Trinajstić information content (AvgIpc) is 2.88. The van der Waals surface area contributed by atoms with Gasteiger partial charge in [0.2, 0.25) is 5.88 Å². The van der Waals surface area contributed by atoms with Crippen molar-refractivity contribution in [3.63, 3.8) is 0 Å². The number of carbonyl (C=O) groups is 2. The summed E-state index contributed by atoms with van der Waals surface area (Å²) in [6.45, 7) is 0. The molecule has 2 amide bonds. The fourth-order valence-corrected chi connectivity index (χ4v) is 3.16. The van der Waals surface area contributed by atoms with Gasteiger partial charge in [-0.25, -0.2) is 4.98 Å². The molecule has 152 valence electrons. The Morgan fingerprint density at radius 3 is 2.70 bits per heavy atom. The lowest BCUT2D eigenvalue weighted by Crippen LogP contribution is -2.25. The van der Waals surface area contributed by atoms with Crippen molar-refractivity contribution in [3.05, 3.63) is 65.9 Å². The molecule has 8 nitrogen and oxygen atoms in total. The number of nitrogens with zero attached hydrogens (tertiary/aromatic N) is 2. The van der Waals surface area contributed by atoms with Crippen LogP contribution in [0.2, 0.25) is 0 Å². The molecule has 0 radical (unpaired) electrons. The Labute approximate surface area is 173 Å². The molecule has 2 aromatic carbocycles. The molecule has 0 bridgehead atoms. The number of benzene rings is 2. The standard InChI is InChI=1S/C22H19N3O5/c1-25-17-5-4-10-23-21(17)30-18-9-6-13(11-16(18)22(25)27)24-20(26)15-8-7-14(28-2)12-19(15)29-3/h4-12H,1-3H3,(H,24,26). The Morgan fingerprint density at radius 1 is 1.10 bits per heavy atom. The summed E-state index contributed by atoms with van der Waals surface area (Å²) in [6, 6.07) is 13.3. The molecule has 4 rings (SSSR count). The zero-order valence-electron chi connectivity index (χ0n) is 16.6. The summed E-state index contributed by atoms with van der Waals surface area (Å²) >= 11 is 0. The molecule has 0 spiro atoms. The number of aromatic nitrogens is 1. The Morgan fingerprint density at radius 2 is 1.93 bits per heavy atom. The first-order valence-corrected chi connectivity index (χ1v) is 9.10. The molecule has 1 aromatic heterocycles. The predicted octanol–water partition coefficient (Wildman–Crippen LogP) is 3.73. The van der Waals surface area contributed by atoms with Crippen LogP contribution in [0, 0.1) is 0 Å². The number of carbonyl (C=O) groups excluding carboxylic acids is 2. The summed E-state index contributed by atoms with van der Waals surface area (Å²) in [5.74, 6) is 1.01. The van der Waals surface area contributed by atoms with E-state index in [1.165, 1.54) is 19.1 Å². The number of fused-ring (bicyclic) bond motifs is 2. The molecule has 0 saturated carbocycles. The minimum absolute atomic E-state index is 0.269. The van der Waals surface area contributed by atoms with E-state index in [1.54, 1.807) is 61.8 Å². The molecule has 3 aromatic rings. The van der Waals surface area contributed by atoms with Gasteiger partial charge in [0.25, 0.3) is 11.8 Å². The van der Waals surface area contributed by atoms with E-state index in [2.05, 4.69) is 10.3 Å². The number of hydrogen-bond donors (Lipinski definition) is 1. The number of rotatable bonds is 4. The van der Waals surface area contributed by atoms with Crippen LogP contribution in [0.4, 0.5) is 11.4 Å². The van der Waals surface area contributed by atoms with E-state index in [0.29, 0.717) is 45.6 Å². The van der Waals surface area contributed by atoms with Gasteiger partial charge in [0.05, 0.1) is 25.3 Å². The first-order valence-electron chi connectivity index (χ1n) is 9.10. The maximum atomic E-state index is 12.9. The number of amides is 2. The SMILES string of the molecule is COc1ccc(C(=O)Nc2ccc3c(c2)C(=O)N(C)c2cccnc2O3)c(OC)c1. The third kappa shape index (κ3) is 3.39. The monoisotopic (exact) mass is 405 g/mol. The molecule has 2 heterocycles. The molecule has 0 unspecified atom stereocenters. The summed E-state index contributed by atoms with van der Waals surface area (Å²) in [7, 11) is 4.66. The van der Waals surface area contributed by atoms with Gasteiger partial charge < -0.3 is 24.4 Å². The number of methoxy groups -OCH3 is 2. The molecule has 0 atom stereocenters. The van der Waals surface area contributed by atoms with Gasteiger partial charge in [-0.05, 0) is 42.5 Å². The third-order valence-corrected chi connectivity index (χ3v) is 4.74. The van der Waals surface area contributed by atoms with Crippen molar-refractivity contribution in [1.82, 2.24) is 4.98 Å². The van der Waals surface area contributed by atoms with E-state index in [4.69, 9.17) is 14.2 Å². The summed E-state index contributed by atoms with van der Waals surface area (Å²) < 4.78 is 16.3. The lowest BCUT2D eigenvalue weighted by Gasteiger charge is -2.15. The van der Waals surface area contributed by atoms with Gasteiger partial charge in [0.15, 0.2) is 0 Å². The smallest absolute Gasteiger partial charge is 0.262 e. The van der Waals surface area contributed by atoms with Crippen molar-refractivity contribution in [2.24, 2.45) is 0 Å². The highest BCUT2D eigenvalue weighted by Crippen LogP contribution is 2.37. The van der Waals surface area contributed by atoms with E-state index in [9.17, 15) is 9.59 Å². The fraction of sp³-hybridized carbons (Fsp3) is 0.136. The van der Waals surface area contributed by atoms with Crippen molar-refractivity contribution in [3.8, 4) is 23.1 Å². The number of pyridine rings is 1. The van der Waals surface area contributed by atoms with Crippen LogP contribution in [0.1, 0.15) is 20.7 Å². The predicted molar refractivity (Wildman–Crippen MR) is 111 cm³/mol. The Bertz CT molecular complexity index is 1150. The number of nitrogens with one attached hydrogen (secondary N) is 1. The Hall–Kier alpha value is -4.07.